The molecule has 0 aliphatic carbocycles. The molecule has 0 radical (unpaired) electrons. The fourth-order valence-electron chi connectivity index (χ4n) is 5.10. The smallest absolute Gasteiger partial charge is 0.340 e. The van der Waals surface area contributed by atoms with E-state index in [1.807, 2.05) is 79.5 Å². The number of likely N-dealkylation sites (tertiary alicyclic amines) is 1. The number of aromatic nitrogens is 1. The lowest BCUT2D eigenvalue weighted by atomic mass is 9.96. The Bertz CT molecular complexity index is 1430. The predicted molar refractivity (Wildman–Crippen MR) is 139 cm³/mol. The van der Waals surface area contributed by atoms with Gasteiger partial charge in [0.25, 0.3) is 5.91 Å². The van der Waals surface area contributed by atoms with Crippen molar-refractivity contribution in [1.29, 1.82) is 0 Å². The molecule has 2 aromatic carbocycles. The van der Waals surface area contributed by atoms with Gasteiger partial charge in [-0.05, 0) is 68.0 Å². The number of hydrogen-bond donors (Lipinski definition) is 0. The molecule has 0 bridgehead atoms. The monoisotopic (exact) mass is 482 g/mol. The lowest BCUT2D eigenvalue weighted by molar-refractivity contribution is -0.137. The Morgan fingerprint density at radius 3 is 2.67 bits per heavy atom. The molecule has 1 unspecified atom stereocenters. The second-order valence-corrected chi connectivity index (χ2v) is 9.39. The van der Waals surface area contributed by atoms with Crippen LogP contribution >= 0.6 is 0 Å². The van der Waals surface area contributed by atoms with E-state index in [-0.39, 0.29) is 24.2 Å². The van der Waals surface area contributed by atoms with Crippen molar-refractivity contribution in [1.82, 2.24) is 9.88 Å². The molecule has 1 amide bonds. The van der Waals surface area contributed by atoms with E-state index >= 15 is 0 Å². The van der Waals surface area contributed by atoms with Crippen molar-refractivity contribution in [2.75, 3.05) is 13.2 Å². The van der Waals surface area contributed by atoms with Gasteiger partial charge < -0.3 is 14.1 Å². The number of hydrogen-bond acceptors (Lipinski definition) is 5. The zero-order valence-electron chi connectivity index (χ0n) is 20.7. The van der Waals surface area contributed by atoms with Crippen LogP contribution in [0.5, 0.6) is 5.75 Å². The topological polar surface area (TPSA) is 72.6 Å². The molecule has 1 fully saturated rings. The highest BCUT2D eigenvalue weighted by atomic mass is 16.5. The highest BCUT2D eigenvalue weighted by Gasteiger charge is 2.28. The fraction of sp³-hybridized carbons (Fsp3) is 0.300. The molecule has 1 aliphatic rings. The molecular weight excluding hydrogens is 452 g/mol. The van der Waals surface area contributed by atoms with E-state index in [0.717, 1.165) is 41.3 Å². The molecule has 6 heteroatoms. The second kappa shape index (κ2) is 10.4. The number of amides is 1. The maximum absolute atomic E-state index is 13.2. The first-order valence-corrected chi connectivity index (χ1v) is 12.4. The van der Waals surface area contributed by atoms with Crippen LogP contribution in [0.4, 0.5) is 0 Å². The molecule has 0 spiro atoms. The first kappa shape index (κ1) is 23.8. The van der Waals surface area contributed by atoms with Crippen LogP contribution in [0.25, 0.3) is 11.0 Å². The van der Waals surface area contributed by atoms with Gasteiger partial charge in [-0.2, -0.15) is 0 Å². The maximum Gasteiger partial charge on any atom is 0.340 e. The van der Waals surface area contributed by atoms with Crippen LogP contribution in [-0.2, 0) is 11.2 Å². The summed E-state index contributed by atoms with van der Waals surface area (Å²) < 4.78 is 11.8. The number of pyridine rings is 1. The minimum absolute atomic E-state index is 0.0185. The normalized spacial score (nSPS) is 15.7. The summed E-state index contributed by atoms with van der Waals surface area (Å²) in [5, 5.41) is 0.879. The standard InChI is InChI=1S/C30H30N2O4/c1-20-24-13-14-27(21(2)29(24)36-30(34)25(20)17-22-9-4-3-5-10-22)35-19-28(33)32-16-7-6-12-26(32)23-11-8-15-31-18-23/h3-5,8-11,13-15,18,26H,6-7,12,16-17,19H2,1-2H3. The first-order valence-electron chi connectivity index (χ1n) is 12.4. The van der Waals surface area contributed by atoms with Crippen molar-refractivity contribution in [2.24, 2.45) is 0 Å². The Kier molecular flexibility index (Phi) is 6.85. The first-order chi connectivity index (χ1) is 17.5. The van der Waals surface area contributed by atoms with E-state index in [2.05, 4.69) is 4.98 Å². The largest absolute Gasteiger partial charge is 0.483 e. The average Bonchev–Trinajstić information content (AvgIpc) is 2.92. The van der Waals surface area contributed by atoms with Crippen molar-refractivity contribution < 1.29 is 13.9 Å². The molecule has 0 saturated carbocycles. The number of ether oxygens (including phenoxy) is 1. The zero-order valence-corrected chi connectivity index (χ0v) is 20.7. The van der Waals surface area contributed by atoms with E-state index in [1.54, 1.807) is 6.20 Å². The minimum atomic E-state index is -0.340. The van der Waals surface area contributed by atoms with E-state index in [1.165, 1.54) is 0 Å². The van der Waals surface area contributed by atoms with Gasteiger partial charge in [-0.1, -0.05) is 36.4 Å². The lowest BCUT2D eigenvalue weighted by Gasteiger charge is -2.35. The van der Waals surface area contributed by atoms with Crippen LogP contribution in [-0.4, -0.2) is 28.9 Å². The van der Waals surface area contributed by atoms with Gasteiger partial charge >= 0.3 is 5.63 Å². The second-order valence-electron chi connectivity index (χ2n) is 9.39. The molecule has 36 heavy (non-hydrogen) atoms. The Morgan fingerprint density at radius 1 is 1.06 bits per heavy atom. The van der Waals surface area contributed by atoms with Crippen LogP contribution in [0.1, 0.15) is 53.1 Å². The summed E-state index contributed by atoms with van der Waals surface area (Å²) in [5.41, 5.74) is 4.56. The molecule has 1 aliphatic heterocycles. The Hall–Kier alpha value is -3.93. The highest BCUT2D eigenvalue weighted by molar-refractivity contribution is 5.86. The number of carbonyl (C=O) groups is 1. The summed E-state index contributed by atoms with van der Waals surface area (Å²) in [5.74, 6) is 0.489. The molecule has 6 nitrogen and oxygen atoms in total. The van der Waals surface area contributed by atoms with Gasteiger partial charge in [0.1, 0.15) is 11.3 Å². The summed E-state index contributed by atoms with van der Waals surface area (Å²) in [6, 6.07) is 17.6. The third kappa shape index (κ3) is 4.76. The minimum Gasteiger partial charge on any atom is -0.483 e. The summed E-state index contributed by atoms with van der Waals surface area (Å²) >= 11 is 0. The number of fused-ring (bicyclic) bond motifs is 1. The molecule has 0 N–H and O–H groups in total. The Balaban J connectivity index is 1.36. The van der Waals surface area contributed by atoms with Gasteiger partial charge in [-0.25, -0.2) is 4.79 Å². The van der Waals surface area contributed by atoms with Gasteiger partial charge in [-0.15, -0.1) is 0 Å². The molecular formula is C30H30N2O4. The van der Waals surface area contributed by atoms with E-state index in [0.29, 0.717) is 35.4 Å². The predicted octanol–water partition coefficient (Wildman–Crippen LogP) is 5.53. The molecule has 1 atom stereocenters. The summed E-state index contributed by atoms with van der Waals surface area (Å²) in [4.78, 5) is 32.2. The van der Waals surface area contributed by atoms with Gasteiger partial charge in [0.2, 0.25) is 0 Å². The number of rotatable bonds is 6. The van der Waals surface area contributed by atoms with Crippen molar-refractivity contribution in [2.45, 2.75) is 45.6 Å². The van der Waals surface area contributed by atoms with Gasteiger partial charge in [0.05, 0.1) is 6.04 Å². The molecule has 4 aromatic rings. The number of nitrogens with zero attached hydrogens (tertiary/aromatic N) is 2. The van der Waals surface area contributed by atoms with Crippen molar-refractivity contribution in [3.8, 4) is 5.75 Å². The third-order valence-corrected chi connectivity index (χ3v) is 7.12. The Morgan fingerprint density at radius 2 is 1.89 bits per heavy atom. The van der Waals surface area contributed by atoms with Crippen molar-refractivity contribution in [3.05, 3.63) is 105 Å². The summed E-state index contributed by atoms with van der Waals surface area (Å²) in [6.07, 6.45) is 7.08. The van der Waals surface area contributed by atoms with Crippen LogP contribution in [0.2, 0.25) is 0 Å². The maximum atomic E-state index is 13.2. The summed E-state index contributed by atoms with van der Waals surface area (Å²) in [7, 11) is 0. The zero-order chi connectivity index (χ0) is 25.1. The molecule has 1 saturated heterocycles. The van der Waals surface area contributed by atoms with Crippen LogP contribution in [0, 0.1) is 13.8 Å². The van der Waals surface area contributed by atoms with Crippen LogP contribution in [0.3, 0.4) is 0 Å². The molecule has 2 aromatic heterocycles. The van der Waals surface area contributed by atoms with Crippen LogP contribution in [0.15, 0.2) is 76.2 Å². The van der Waals surface area contributed by atoms with Crippen molar-refractivity contribution in [3.63, 3.8) is 0 Å². The average molecular weight is 483 g/mol. The number of benzene rings is 2. The molecule has 3 heterocycles. The fourth-order valence-corrected chi connectivity index (χ4v) is 5.10. The van der Waals surface area contributed by atoms with Crippen LogP contribution < -0.4 is 10.4 Å². The number of carbonyl (C=O) groups excluding carboxylic acids is 1. The van der Waals surface area contributed by atoms with Gasteiger partial charge in [0.15, 0.2) is 6.61 Å². The Labute approximate surface area is 210 Å². The van der Waals surface area contributed by atoms with Crippen molar-refractivity contribution >= 4 is 16.9 Å². The van der Waals surface area contributed by atoms with E-state index < -0.39 is 0 Å². The number of aryl methyl sites for hydroxylation is 2. The highest BCUT2D eigenvalue weighted by Crippen LogP contribution is 2.32. The quantitative estimate of drug-likeness (QED) is 0.338. The van der Waals surface area contributed by atoms with Gasteiger partial charge in [0, 0.05) is 41.9 Å². The number of piperidine rings is 1. The van der Waals surface area contributed by atoms with E-state index in [4.69, 9.17) is 9.15 Å². The van der Waals surface area contributed by atoms with E-state index in [9.17, 15) is 9.59 Å². The third-order valence-electron chi connectivity index (χ3n) is 7.12. The lowest BCUT2D eigenvalue weighted by Crippen LogP contribution is -2.41. The molecule has 5 rings (SSSR count). The SMILES string of the molecule is Cc1c(Cc2ccccc2)c(=O)oc2c(C)c(OCC(=O)N3CCCCC3c3cccnc3)ccc12. The molecule has 184 valence electrons. The summed E-state index contributed by atoms with van der Waals surface area (Å²) in [6.45, 7) is 4.45. The van der Waals surface area contributed by atoms with Gasteiger partial charge in [-0.3, -0.25) is 9.78 Å².